The van der Waals surface area contributed by atoms with Gasteiger partial charge in [-0.05, 0) is 55.7 Å². The smallest absolute Gasteiger partial charge is 0.200 e. The lowest BCUT2D eigenvalue weighted by Crippen LogP contribution is -2.01. The molecule has 11 heteroatoms. The third-order valence-corrected chi connectivity index (χ3v) is 7.12. The van der Waals surface area contributed by atoms with Crippen molar-refractivity contribution in [2.75, 3.05) is 0 Å². The monoisotopic (exact) mass is 510 g/mol. The summed E-state index contributed by atoms with van der Waals surface area (Å²) in [6.07, 6.45) is 6.03. The van der Waals surface area contributed by atoms with Crippen molar-refractivity contribution in [2.45, 2.75) is 32.2 Å². The van der Waals surface area contributed by atoms with E-state index in [4.69, 9.17) is 40.4 Å². The summed E-state index contributed by atoms with van der Waals surface area (Å²) in [5.41, 5.74) is 5.60. The van der Waals surface area contributed by atoms with Crippen LogP contribution in [0.5, 0.6) is 0 Å². The van der Waals surface area contributed by atoms with Crippen molar-refractivity contribution in [2.24, 2.45) is 7.05 Å². The number of aromatic nitrogens is 8. The second-order valence-electron chi connectivity index (χ2n) is 8.61. The number of hydrogen-bond donors (Lipinski definition) is 1. The van der Waals surface area contributed by atoms with Crippen LogP contribution in [-0.4, -0.2) is 39.3 Å². The number of fused-ring (bicyclic) bond motifs is 1. The first-order valence-electron chi connectivity index (χ1n) is 10.9. The predicted molar refractivity (Wildman–Crippen MR) is 134 cm³/mol. The molecule has 172 valence electrons. The third-order valence-electron chi connectivity index (χ3n) is 6.10. The van der Waals surface area contributed by atoms with E-state index in [2.05, 4.69) is 26.5 Å². The molecular formula is C23H20Cl2N8S. The van der Waals surface area contributed by atoms with Crippen LogP contribution < -0.4 is 0 Å². The lowest BCUT2D eigenvalue weighted by molar-refractivity contribution is 0.686. The number of rotatable bonds is 5. The van der Waals surface area contributed by atoms with Gasteiger partial charge in [-0.15, -0.1) is 0 Å². The average molecular weight is 511 g/mol. The quantitative estimate of drug-likeness (QED) is 0.310. The number of benzene rings is 1. The highest BCUT2D eigenvalue weighted by atomic mass is 35.5. The van der Waals surface area contributed by atoms with Crippen LogP contribution in [0.1, 0.15) is 35.7 Å². The van der Waals surface area contributed by atoms with Gasteiger partial charge < -0.3 is 0 Å². The zero-order valence-corrected chi connectivity index (χ0v) is 20.8. The van der Waals surface area contributed by atoms with E-state index in [0.717, 1.165) is 52.1 Å². The number of nitrogens with one attached hydrogen (secondary N) is 1. The Balaban J connectivity index is 1.45. The molecule has 8 nitrogen and oxygen atoms in total. The number of H-pyrrole nitrogens is 1. The molecule has 5 aromatic rings. The molecule has 1 aliphatic carbocycles. The summed E-state index contributed by atoms with van der Waals surface area (Å²) < 4.78 is 6.07. The first-order chi connectivity index (χ1) is 16.4. The van der Waals surface area contributed by atoms with Crippen LogP contribution >= 0.6 is 35.4 Å². The summed E-state index contributed by atoms with van der Waals surface area (Å²) in [6.45, 7) is 2.54. The summed E-state index contributed by atoms with van der Waals surface area (Å²) in [7, 11) is 1.92. The van der Waals surface area contributed by atoms with Gasteiger partial charge in [0.25, 0.3) is 0 Å². The highest BCUT2D eigenvalue weighted by Gasteiger charge is 2.28. The number of pyridine rings is 1. The molecule has 4 heterocycles. The van der Waals surface area contributed by atoms with Crippen molar-refractivity contribution < 1.29 is 0 Å². The molecule has 6 rings (SSSR count). The van der Waals surface area contributed by atoms with Crippen LogP contribution in [0.15, 0.2) is 36.7 Å². The van der Waals surface area contributed by atoms with Crippen molar-refractivity contribution in [3.8, 4) is 17.1 Å². The zero-order chi connectivity index (χ0) is 23.6. The summed E-state index contributed by atoms with van der Waals surface area (Å²) in [5, 5.41) is 18.7. The fourth-order valence-electron chi connectivity index (χ4n) is 4.33. The van der Waals surface area contributed by atoms with Gasteiger partial charge >= 0.3 is 0 Å². The van der Waals surface area contributed by atoms with Crippen LogP contribution in [-0.2, 0) is 13.6 Å². The minimum Gasteiger partial charge on any atom is -0.266 e. The van der Waals surface area contributed by atoms with Gasteiger partial charge in [-0.3, -0.25) is 19.0 Å². The Bertz CT molecular complexity index is 1620. The summed E-state index contributed by atoms with van der Waals surface area (Å²) in [5.74, 6) is 1.20. The molecule has 1 N–H and O–H groups in total. The SMILES string of the molecule is Cc1nn(C)c2nc(C3CC3)cc(-c3n[nH]c(=S)n3-c3cnn(Cc4ccc(Cl)c(Cl)c4)c3)c12. The van der Waals surface area contributed by atoms with Crippen LogP contribution in [0.2, 0.25) is 10.0 Å². The molecule has 34 heavy (non-hydrogen) atoms. The molecule has 0 radical (unpaired) electrons. The fourth-order valence-corrected chi connectivity index (χ4v) is 4.88. The van der Waals surface area contributed by atoms with E-state index in [0.29, 0.717) is 33.1 Å². The lowest BCUT2D eigenvalue weighted by Gasteiger charge is -2.09. The van der Waals surface area contributed by atoms with Crippen LogP contribution in [0.3, 0.4) is 0 Å². The molecule has 0 bridgehead atoms. The second kappa shape index (κ2) is 8.04. The van der Waals surface area contributed by atoms with Gasteiger partial charge in [-0.2, -0.15) is 15.3 Å². The van der Waals surface area contributed by atoms with E-state index in [1.807, 2.05) is 46.2 Å². The molecule has 0 aliphatic heterocycles. The minimum atomic E-state index is 0.489. The number of hydrogen-bond acceptors (Lipinski definition) is 5. The average Bonchev–Trinajstić information content (AvgIpc) is 3.35. The van der Waals surface area contributed by atoms with E-state index in [1.165, 1.54) is 0 Å². The molecule has 0 spiro atoms. The molecule has 1 aromatic carbocycles. The van der Waals surface area contributed by atoms with E-state index < -0.39 is 0 Å². The van der Waals surface area contributed by atoms with E-state index in [1.54, 1.807) is 12.3 Å². The number of aryl methyl sites for hydroxylation is 2. The van der Waals surface area contributed by atoms with Gasteiger partial charge in [-0.25, -0.2) is 4.98 Å². The van der Waals surface area contributed by atoms with Crippen molar-refractivity contribution in [1.29, 1.82) is 0 Å². The largest absolute Gasteiger partial charge is 0.266 e. The van der Waals surface area contributed by atoms with Crippen LogP contribution in [0, 0.1) is 11.7 Å². The van der Waals surface area contributed by atoms with Crippen LogP contribution in [0.25, 0.3) is 28.1 Å². The van der Waals surface area contributed by atoms with Gasteiger partial charge in [0.1, 0.15) is 0 Å². The maximum atomic E-state index is 6.17. The topological polar surface area (TPSA) is 82.1 Å². The van der Waals surface area contributed by atoms with Crippen molar-refractivity contribution in [1.82, 2.24) is 39.3 Å². The number of halogens is 2. The van der Waals surface area contributed by atoms with Gasteiger partial charge in [-0.1, -0.05) is 29.3 Å². The Kier molecular flexibility index (Phi) is 5.09. The standard InChI is InChI=1S/C23H20Cl2N8S/c1-12-20-16(8-19(14-4-5-14)27-22(20)31(2)30-12)21-28-29-23(34)33(21)15-9-26-32(11-15)10-13-3-6-17(24)18(25)7-13/h3,6-9,11,14H,4-5,10H2,1-2H3,(H,29,34). The molecule has 0 atom stereocenters. The Morgan fingerprint density at radius 1 is 1.18 bits per heavy atom. The van der Waals surface area contributed by atoms with E-state index in [9.17, 15) is 0 Å². The van der Waals surface area contributed by atoms with Gasteiger partial charge in [0, 0.05) is 30.4 Å². The molecular weight excluding hydrogens is 491 g/mol. The van der Waals surface area contributed by atoms with Crippen molar-refractivity contribution >= 4 is 46.5 Å². The minimum absolute atomic E-state index is 0.489. The lowest BCUT2D eigenvalue weighted by atomic mass is 10.1. The Labute approximate surface area is 210 Å². The summed E-state index contributed by atoms with van der Waals surface area (Å²) in [4.78, 5) is 4.91. The molecule has 1 saturated carbocycles. The maximum absolute atomic E-state index is 6.17. The summed E-state index contributed by atoms with van der Waals surface area (Å²) in [6, 6.07) is 7.70. The maximum Gasteiger partial charge on any atom is 0.200 e. The highest BCUT2D eigenvalue weighted by Crippen LogP contribution is 2.42. The highest BCUT2D eigenvalue weighted by molar-refractivity contribution is 7.71. The van der Waals surface area contributed by atoms with Gasteiger partial charge in [0.2, 0.25) is 0 Å². The Morgan fingerprint density at radius 3 is 2.76 bits per heavy atom. The predicted octanol–water partition coefficient (Wildman–Crippen LogP) is 5.62. The van der Waals surface area contributed by atoms with Crippen molar-refractivity contribution in [3.05, 3.63) is 68.4 Å². The number of nitrogens with zero attached hydrogens (tertiary/aromatic N) is 7. The van der Waals surface area contributed by atoms with E-state index in [-0.39, 0.29) is 0 Å². The number of aromatic amines is 1. The molecule has 0 saturated heterocycles. The summed E-state index contributed by atoms with van der Waals surface area (Å²) >= 11 is 17.8. The Morgan fingerprint density at radius 2 is 2.00 bits per heavy atom. The molecule has 1 fully saturated rings. The molecule has 4 aromatic heterocycles. The molecule has 0 unspecified atom stereocenters. The Hall–Kier alpha value is -3.01. The first kappa shape index (κ1) is 21.5. The van der Waals surface area contributed by atoms with Gasteiger partial charge in [0.05, 0.1) is 39.6 Å². The first-order valence-corrected chi connectivity index (χ1v) is 12.0. The normalized spacial score (nSPS) is 13.8. The van der Waals surface area contributed by atoms with Crippen LogP contribution in [0.4, 0.5) is 0 Å². The van der Waals surface area contributed by atoms with Crippen molar-refractivity contribution in [3.63, 3.8) is 0 Å². The molecule has 0 amide bonds. The molecule has 1 aliphatic rings. The second-order valence-corrected chi connectivity index (χ2v) is 9.81. The third kappa shape index (κ3) is 3.64. The zero-order valence-electron chi connectivity index (χ0n) is 18.5. The fraction of sp³-hybridized carbons (Fsp3) is 0.261. The van der Waals surface area contributed by atoms with Gasteiger partial charge in [0.15, 0.2) is 16.2 Å². The van der Waals surface area contributed by atoms with E-state index >= 15 is 0 Å².